The normalized spacial score (nSPS) is 11.8. The van der Waals surface area contributed by atoms with Gasteiger partial charge in [0.1, 0.15) is 5.82 Å². The van der Waals surface area contributed by atoms with Crippen molar-refractivity contribution >= 4 is 10.0 Å². The van der Waals surface area contributed by atoms with Crippen molar-refractivity contribution in [3.63, 3.8) is 0 Å². The number of aromatic nitrogens is 2. The Morgan fingerprint density at radius 3 is 2.81 bits per heavy atom. The Morgan fingerprint density at radius 2 is 2.19 bits per heavy atom. The average molecular weight is 312 g/mol. The van der Waals surface area contributed by atoms with Crippen LogP contribution >= 0.6 is 0 Å². The molecule has 0 amide bonds. The van der Waals surface area contributed by atoms with Crippen molar-refractivity contribution in [3.8, 4) is 0 Å². The fraction of sp³-hybridized carbons (Fsp3) is 0.308. The Bertz CT molecular complexity index is 714. The Hall–Kier alpha value is -1.77. The van der Waals surface area contributed by atoms with E-state index in [0.29, 0.717) is 6.54 Å². The van der Waals surface area contributed by atoms with Gasteiger partial charge in [0.25, 0.3) is 0 Å². The van der Waals surface area contributed by atoms with E-state index >= 15 is 0 Å². The third-order valence-electron chi connectivity index (χ3n) is 3.03. The standard InChI is InChI=1S/C13H17FN4O2S/c1-10-7-12(8-11(9-15)13(10)14)21(19,20)17-4-6-18-5-2-3-16-18/h2-3,5,7-8,17H,4,6,9,15H2,1H3. The van der Waals surface area contributed by atoms with Crippen LogP contribution in [0.2, 0.25) is 0 Å². The summed E-state index contributed by atoms with van der Waals surface area (Å²) in [6.07, 6.45) is 3.36. The number of benzene rings is 1. The van der Waals surface area contributed by atoms with Crippen LogP contribution < -0.4 is 10.5 Å². The van der Waals surface area contributed by atoms with E-state index < -0.39 is 15.8 Å². The molecular formula is C13H17FN4O2S. The van der Waals surface area contributed by atoms with Gasteiger partial charge in [0.05, 0.1) is 11.4 Å². The summed E-state index contributed by atoms with van der Waals surface area (Å²) in [5, 5.41) is 3.98. The molecular weight excluding hydrogens is 295 g/mol. The number of hydrogen-bond donors (Lipinski definition) is 2. The number of aryl methyl sites for hydroxylation is 1. The molecule has 0 aliphatic heterocycles. The zero-order chi connectivity index (χ0) is 15.5. The molecule has 1 aromatic carbocycles. The van der Waals surface area contributed by atoms with Crippen molar-refractivity contribution in [2.45, 2.75) is 24.9 Å². The van der Waals surface area contributed by atoms with Crippen LogP contribution in [0.15, 0.2) is 35.5 Å². The summed E-state index contributed by atoms with van der Waals surface area (Å²) >= 11 is 0. The van der Waals surface area contributed by atoms with Gasteiger partial charge in [0.15, 0.2) is 0 Å². The van der Waals surface area contributed by atoms with Crippen LogP contribution in [0.4, 0.5) is 4.39 Å². The largest absolute Gasteiger partial charge is 0.326 e. The molecule has 3 N–H and O–H groups in total. The summed E-state index contributed by atoms with van der Waals surface area (Å²) in [5.74, 6) is -0.465. The molecule has 0 saturated carbocycles. The summed E-state index contributed by atoms with van der Waals surface area (Å²) in [7, 11) is -3.70. The molecule has 2 rings (SSSR count). The number of rotatable bonds is 6. The van der Waals surface area contributed by atoms with E-state index in [2.05, 4.69) is 9.82 Å². The van der Waals surface area contributed by atoms with Crippen molar-refractivity contribution in [1.82, 2.24) is 14.5 Å². The Morgan fingerprint density at radius 1 is 1.43 bits per heavy atom. The van der Waals surface area contributed by atoms with Crippen molar-refractivity contribution in [3.05, 3.63) is 47.5 Å². The molecule has 1 aromatic heterocycles. The summed E-state index contributed by atoms with van der Waals surface area (Å²) in [6, 6.07) is 4.31. The van der Waals surface area contributed by atoms with Crippen LogP contribution in [-0.4, -0.2) is 24.7 Å². The minimum Gasteiger partial charge on any atom is -0.326 e. The molecule has 0 bridgehead atoms. The van der Waals surface area contributed by atoms with Crippen molar-refractivity contribution in [2.24, 2.45) is 5.73 Å². The monoisotopic (exact) mass is 312 g/mol. The van der Waals surface area contributed by atoms with Crippen LogP contribution in [0.1, 0.15) is 11.1 Å². The minimum atomic E-state index is -3.70. The van der Waals surface area contributed by atoms with E-state index in [0.717, 1.165) is 0 Å². The zero-order valence-electron chi connectivity index (χ0n) is 11.6. The molecule has 114 valence electrons. The van der Waals surface area contributed by atoms with Crippen molar-refractivity contribution < 1.29 is 12.8 Å². The lowest BCUT2D eigenvalue weighted by molar-refractivity contribution is 0.559. The molecule has 2 aromatic rings. The minimum absolute atomic E-state index is 0.0160. The third-order valence-corrected chi connectivity index (χ3v) is 4.47. The van der Waals surface area contributed by atoms with Gasteiger partial charge in [-0.25, -0.2) is 17.5 Å². The molecule has 0 aliphatic carbocycles. The molecule has 0 fully saturated rings. The molecule has 0 aliphatic rings. The van der Waals surface area contributed by atoms with Gasteiger partial charge in [-0.3, -0.25) is 4.68 Å². The maximum atomic E-state index is 13.7. The highest BCUT2D eigenvalue weighted by Crippen LogP contribution is 2.18. The first-order valence-corrected chi connectivity index (χ1v) is 7.88. The first kappa shape index (κ1) is 15.6. The molecule has 0 spiro atoms. The van der Waals surface area contributed by atoms with Gasteiger partial charge < -0.3 is 5.73 Å². The number of sulfonamides is 1. The number of hydrogen-bond acceptors (Lipinski definition) is 4. The average Bonchev–Trinajstić information content (AvgIpc) is 2.94. The molecule has 21 heavy (non-hydrogen) atoms. The van der Waals surface area contributed by atoms with Crippen LogP contribution in [0.5, 0.6) is 0 Å². The van der Waals surface area contributed by atoms with E-state index in [1.165, 1.54) is 19.1 Å². The van der Waals surface area contributed by atoms with Gasteiger partial charge in [-0.05, 0) is 30.7 Å². The fourth-order valence-corrected chi connectivity index (χ4v) is 3.08. The van der Waals surface area contributed by atoms with Crippen molar-refractivity contribution in [1.29, 1.82) is 0 Å². The molecule has 0 saturated heterocycles. The second-order valence-corrected chi connectivity index (χ2v) is 6.35. The highest BCUT2D eigenvalue weighted by atomic mass is 32.2. The number of nitrogens with two attached hydrogens (primary N) is 1. The third kappa shape index (κ3) is 3.66. The summed E-state index contributed by atoms with van der Waals surface area (Å²) in [5.41, 5.74) is 5.87. The maximum absolute atomic E-state index is 13.7. The van der Waals surface area contributed by atoms with E-state index in [4.69, 9.17) is 5.73 Å². The molecule has 0 unspecified atom stereocenters. The fourth-order valence-electron chi connectivity index (χ4n) is 1.92. The van der Waals surface area contributed by atoms with E-state index in [1.807, 2.05) is 0 Å². The SMILES string of the molecule is Cc1cc(S(=O)(=O)NCCn2cccn2)cc(CN)c1F. The predicted octanol–water partition coefficient (Wildman–Crippen LogP) is 0.768. The van der Waals surface area contributed by atoms with Gasteiger partial charge >= 0.3 is 0 Å². The van der Waals surface area contributed by atoms with Crippen LogP contribution in [0.25, 0.3) is 0 Å². The Balaban J connectivity index is 2.13. The topological polar surface area (TPSA) is 90.0 Å². The second-order valence-electron chi connectivity index (χ2n) is 4.58. The molecule has 0 radical (unpaired) electrons. The smallest absolute Gasteiger partial charge is 0.240 e. The van der Waals surface area contributed by atoms with Crippen molar-refractivity contribution in [2.75, 3.05) is 6.54 Å². The molecule has 8 heteroatoms. The van der Waals surface area contributed by atoms with Crippen LogP contribution in [0, 0.1) is 12.7 Å². The first-order chi connectivity index (χ1) is 9.94. The van der Waals surface area contributed by atoms with Crippen LogP contribution in [-0.2, 0) is 23.1 Å². The summed E-state index contributed by atoms with van der Waals surface area (Å²) in [6.45, 7) is 2.06. The molecule has 6 nitrogen and oxygen atoms in total. The number of halogens is 1. The Kier molecular flexibility index (Phi) is 4.71. The van der Waals surface area contributed by atoms with Gasteiger partial charge in [0.2, 0.25) is 10.0 Å². The lowest BCUT2D eigenvalue weighted by Crippen LogP contribution is -2.28. The summed E-state index contributed by atoms with van der Waals surface area (Å²) < 4.78 is 42.2. The van der Waals surface area contributed by atoms with E-state index in [-0.39, 0.29) is 29.1 Å². The van der Waals surface area contributed by atoms with Gasteiger partial charge in [-0.1, -0.05) is 0 Å². The lowest BCUT2D eigenvalue weighted by atomic mass is 10.1. The first-order valence-electron chi connectivity index (χ1n) is 6.40. The second kappa shape index (κ2) is 6.33. The van der Waals surface area contributed by atoms with E-state index in [1.54, 1.807) is 23.1 Å². The summed E-state index contributed by atoms with van der Waals surface area (Å²) in [4.78, 5) is 0.0160. The van der Waals surface area contributed by atoms with Gasteiger partial charge in [-0.15, -0.1) is 0 Å². The predicted molar refractivity (Wildman–Crippen MR) is 76.4 cm³/mol. The van der Waals surface area contributed by atoms with Gasteiger partial charge in [0, 0.05) is 31.0 Å². The lowest BCUT2D eigenvalue weighted by Gasteiger charge is -2.10. The van der Waals surface area contributed by atoms with Gasteiger partial charge in [-0.2, -0.15) is 5.10 Å². The number of nitrogens with zero attached hydrogens (tertiary/aromatic N) is 2. The number of nitrogens with one attached hydrogen (secondary N) is 1. The maximum Gasteiger partial charge on any atom is 0.240 e. The molecule has 1 heterocycles. The van der Waals surface area contributed by atoms with Crippen LogP contribution in [0.3, 0.4) is 0 Å². The molecule has 0 atom stereocenters. The Labute approximate surface area is 122 Å². The quantitative estimate of drug-likeness (QED) is 0.824. The highest BCUT2D eigenvalue weighted by molar-refractivity contribution is 7.89. The van der Waals surface area contributed by atoms with E-state index in [9.17, 15) is 12.8 Å². The highest BCUT2D eigenvalue weighted by Gasteiger charge is 2.17. The zero-order valence-corrected chi connectivity index (χ0v) is 12.4.